The highest BCUT2D eigenvalue weighted by Crippen LogP contribution is 2.31. The molecule has 1 aromatic heterocycles. The third kappa shape index (κ3) is 2.85. The Hall–Kier alpha value is -2.09. The van der Waals surface area contributed by atoms with Gasteiger partial charge in [-0.2, -0.15) is 4.68 Å². The zero-order valence-corrected chi connectivity index (χ0v) is 12.2. The van der Waals surface area contributed by atoms with Gasteiger partial charge in [-0.05, 0) is 29.5 Å². The normalized spacial score (nSPS) is 17.8. The first-order chi connectivity index (χ1) is 10.3. The topological polar surface area (TPSA) is 79.1 Å². The maximum atomic E-state index is 11.6. The van der Waals surface area contributed by atoms with Gasteiger partial charge in [0.15, 0.2) is 0 Å². The Labute approximate surface area is 125 Å². The monoisotopic (exact) mass is 306 g/mol. The molecule has 3 rings (SSSR count). The van der Waals surface area contributed by atoms with Gasteiger partial charge >= 0.3 is 5.97 Å². The lowest BCUT2D eigenvalue weighted by Gasteiger charge is -2.11. The van der Waals surface area contributed by atoms with E-state index in [0.717, 1.165) is 5.69 Å². The van der Waals surface area contributed by atoms with Crippen molar-refractivity contribution in [1.29, 1.82) is 0 Å². The summed E-state index contributed by atoms with van der Waals surface area (Å²) in [5, 5.41) is 12.0. The highest BCUT2D eigenvalue weighted by molar-refractivity contribution is 8.00. The zero-order chi connectivity index (χ0) is 14.7. The second-order valence-corrected chi connectivity index (χ2v) is 5.51. The number of hydrogen-bond acceptors (Lipinski definition) is 7. The van der Waals surface area contributed by atoms with E-state index in [1.165, 1.54) is 11.8 Å². The van der Waals surface area contributed by atoms with E-state index in [2.05, 4.69) is 15.5 Å². The first kappa shape index (κ1) is 13.9. The van der Waals surface area contributed by atoms with E-state index < -0.39 is 0 Å². The molecule has 1 fully saturated rings. The molecule has 1 saturated heterocycles. The molecule has 0 N–H and O–H groups in total. The summed E-state index contributed by atoms with van der Waals surface area (Å²) in [7, 11) is 0. The van der Waals surface area contributed by atoms with Crippen molar-refractivity contribution in [3.05, 3.63) is 24.3 Å². The molecular weight excluding hydrogens is 292 g/mol. The van der Waals surface area contributed by atoms with Crippen molar-refractivity contribution in [3.63, 3.8) is 0 Å². The summed E-state index contributed by atoms with van der Waals surface area (Å²) in [5.74, 6) is 0.482. The van der Waals surface area contributed by atoms with E-state index in [4.69, 9.17) is 9.47 Å². The predicted octanol–water partition coefficient (Wildman–Crippen LogP) is 1.47. The van der Waals surface area contributed by atoms with Crippen molar-refractivity contribution in [2.45, 2.75) is 23.8 Å². The second kappa shape index (κ2) is 6.13. The molecule has 1 atom stereocenters. The molecule has 0 saturated carbocycles. The van der Waals surface area contributed by atoms with Crippen LogP contribution < -0.4 is 4.74 Å². The fourth-order valence-electron chi connectivity index (χ4n) is 2.02. The van der Waals surface area contributed by atoms with Crippen LogP contribution in [0.5, 0.6) is 5.75 Å². The molecule has 7 nitrogen and oxygen atoms in total. The minimum Gasteiger partial charge on any atom is -0.492 e. The number of carbonyl (C=O) groups excluding carboxylic acids is 1. The van der Waals surface area contributed by atoms with Crippen molar-refractivity contribution >= 4 is 17.7 Å². The van der Waals surface area contributed by atoms with E-state index >= 15 is 0 Å². The quantitative estimate of drug-likeness (QED) is 0.774. The summed E-state index contributed by atoms with van der Waals surface area (Å²) in [6.45, 7) is 2.92. The summed E-state index contributed by atoms with van der Waals surface area (Å²) >= 11 is 1.31. The average molecular weight is 306 g/mol. The van der Waals surface area contributed by atoms with Crippen LogP contribution >= 0.6 is 11.8 Å². The summed E-state index contributed by atoms with van der Waals surface area (Å²) in [5.41, 5.74) is 0.748. The Morgan fingerprint density at radius 1 is 1.48 bits per heavy atom. The second-order valence-electron chi connectivity index (χ2n) is 4.34. The molecule has 2 aromatic rings. The van der Waals surface area contributed by atoms with Crippen LogP contribution in [0.1, 0.15) is 13.3 Å². The molecule has 8 heteroatoms. The number of carbonyl (C=O) groups is 1. The van der Waals surface area contributed by atoms with Crippen LogP contribution in [0.25, 0.3) is 5.69 Å². The fraction of sp³-hybridized carbons (Fsp3) is 0.385. The lowest BCUT2D eigenvalue weighted by molar-refractivity contribution is -0.137. The first-order valence-corrected chi connectivity index (χ1v) is 7.51. The van der Waals surface area contributed by atoms with Gasteiger partial charge in [-0.1, -0.05) is 23.9 Å². The number of thioether (sulfide) groups is 1. The Morgan fingerprint density at radius 3 is 3.10 bits per heavy atom. The number of para-hydroxylation sites is 2. The summed E-state index contributed by atoms with van der Waals surface area (Å²) in [6.07, 6.45) is 0.670. The summed E-state index contributed by atoms with van der Waals surface area (Å²) < 4.78 is 12.1. The molecule has 0 aliphatic carbocycles. The molecule has 0 spiro atoms. The lowest BCUT2D eigenvalue weighted by Crippen LogP contribution is -2.11. The Bertz CT molecular complexity index is 646. The lowest BCUT2D eigenvalue weighted by atomic mass is 10.3. The number of benzene rings is 1. The van der Waals surface area contributed by atoms with E-state index in [1.54, 1.807) is 4.68 Å². The fourth-order valence-corrected chi connectivity index (χ4v) is 2.98. The number of hydrogen-bond donors (Lipinski definition) is 0. The number of tetrazole rings is 1. The smallest absolute Gasteiger partial charge is 0.319 e. The molecule has 110 valence electrons. The Morgan fingerprint density at radius 2 is 2.33 bits per heavy atom. The van der Waals surface area contributed by atoms with Gasteiger partial charge in [0.25, 0.3) is 0 Å². The number of nitrogens with zero attached hydrogens (tertiary/aromatic N) is 4. The van der Waals surface area contributed by atoms with E-state index in [9.17, 15) is 4.79 Å². The van der Waals surface area contributed by atoms with Crippen LogP contribution in [-0.2, 0) is 9.53 Å². The molecule has 2 heterocycles. The van der Waals surface area contributed by atoms with E-state index in [-0.39, 0.29) is 11.2 Å². The number of rotatable bonds is 5. The number of esters is 1. The van der Waals surface area contributed by atoms with Crippen LogP contribution in [0.2, 0.25) is 0 Å². The summed E-state index contributed by atoms with van der Waals surface area (Å²) in [4.78, 5) is 11.6. The molecule has 0 amide bonds. The van der Waals surface area contributed by atoms with Crippen LogP contribution in [0, 0.1) is 0 Å². The molecule has 0 bridgehead atoms. The minimum atomic E-state index is -0.256. The SMILES string of the molecule is CCOc1ccccc1-n1nnnc1S[C@@H]1CCOC1=O. The van der Waals surface area contributed by atoms with Gasteiger partial charge in [-0.15, -0.1) is 5.10 Å². The van der Waals surface area contributed by atoms with Gasteiger partial charge in [-0.3, -0.25) is 4.79 Å². The van der Waals surface area contributed by atoms with Crippen molar-refractivity contribution < 1.29 is 14.3 Å². The first-order valence-electron chi connectivity index (χ1n) is 6.63. The standard InChI is InChI=1S/C13H14N4O3S/c1-2-19-10-6-4-3-5-9(10)17-13(14-15-16-17)21-11-7-8-20-12(11)18/h3-6,11H,2,7-8H2,1H3/t11-/m1/s1. The minimum absolute atomic E-state index is 0.215. The van der Waals surface area contributed by atoms with Crippen molar-refractivity contribution in [2.24, 2.45) is 0 Å². The highest BCUT2D eigenvalue weighted by atomic mass is 32.2. The number of ether oxygens (including phenoxy) is 2. The van der Waals surface area contributed by atoms with Crippen LogP contribution in [-0.4, -0.2) is 44.6 Å². The predicted molar refractivity (Wildman–Crippen MR) is 75.5 cm³/mol. The molecule has 1 aromatic carbocycles. The molecule has 21 heavy (non-hydrogen) atoms. The third-order valence-electron chi connectivity index (χ3n) is 2.97. The maximum Gasteiger partial charge on any atom is 0.319 e. The molecule has 0 unspecified atom stereocenters. The molecule has 1 aliphatic rings. The Balaban J connectivity index is 1.90. The third-order valence-corrected chi connectivity index (χ3v) is 4.15. The van der Waals surface area contributed by atoms with Gasteiger partial charge in [0, 0.05) is 6.42 Å². The number of aromatic nitrogens is 4. The van der Waals surface area contributed by atoms with Gasteiger partial charge in [0.1, 0.15) is 16.7 Å². The molecule has 1 aliphatic heterocycles. The van der Waals surface area contributed by atoms with Gasteiger partial charge in [-0.25, -0.2) is 0 Å². The van der Waals surface area contributed by atoms with Crippen molar-refractivity contribution in [2.75, 3.05) is 13.2 Å². The molecule has 0 radical (unpaired) electrons. The van der Waals surface area contributed by atoms with E-state index in [1.807, 2.05) is 31.2 Å². The maximum absolute atomic E-state index is 11.6. The van der Waals surface area contributed by atoms with Crippen LogP contribution in [0.3, 0.4) is 0 Å². The largest absolute Gasteiger partial charge is 0.492 e. The van der Waals surface area contributed by atoms with Gasteiger partial charge < -0.3 is 9.47 Å². The van der Waals surface area contributed by atoms with Crippen molar-refractivity contribution in [1.82, 2.24) is 20.2 Å². The van der Waals surface area contributed by atoms with Gasteiger partial charge in [0.05, 0.1) is 13.2 Å². The average Bonchev–Trinajstić information content (AvgIpc) is 3.10. The van der Waals surface area contributed by atoms with E-state index in [0.29, 0.717) is 30.5 Å². The molecular formula is C13H14N4O3S. The highest BCUT2D eigenvalue weighted by Gasteiger charge is 2.30. The van der Waals surface area contributed by atoms with Crippen LogP contribution in [0.4, 0.5) is 0 Å². The van der Waals surface area contributed by atoms with Gasteiger partial charge in [0.2, 0.25) is 5.16 Å². The number of cyclic esters (lactones) is 1. The summed E-state index contributed by atoms with van der Waals surface area (Å²) in [6, 6.07) is 7.51. The Kier molecular flexibility index (Phi) is 4.05. The van der Waals surface area contributed by atoms with Crippen LogP contribution in [0.15, 0.2) is 29.4 Å². The zero-order valence-electron chi connectivity index (χ0n) is 11.4. The van der Waals surface area contributed by atoms with Crippen molar-refractivity contribution in [3.8, 4) is 11.4 Å².